The lowest BCUT2D eigenvalue weighted by atomic mass is 9.70. The molecule has 0 spiro atoms. The van der Waals surface area contributed by atoms with Gasteiger partial charge in [-0.1, -0.05) is 0 Å². The van der Waals surface area contributed by atoms with E-state index in [1.54, 1.807) is 0 Å². The molecule has 3 unspecified atom stereocenters. The van der Waals surface area contributed by atoms with Crippen LogP contribution in [0.25, 0.3) is 0 Å². The molecule has 18 heavy (non-hydrogen) atoms. The molecule has 2 heterocycles. The Bertz CT molecular complexity index is 465. The first-order valence-corrected chi connectivity index (χ1v) is 6.42. The van der Waals surface area contributed by atoms with E-state index in [1.165, 1.54) is 12.1 Å². The normalized spacial score (nSPS) is 34.2. The molecule has 2 N–H and O–H groups in total. The summed E-state index contributed by atoms with van der Waals surface area (Å²) < 4.78 is 32.8. The van der Waals surface area contributed by atoms with Gasteiger partial charge in [-0.3, -0.25) is 0 Å². The zero-order chi connectivity index (χ0) is 12.8. The number of nitrogens with two attached hydrogens (primary N) is 1. The summed E-state index contributed by atoms with van der Waals surface area (Å²) in [6, 6.07) is 3.60. The highest BCUT2D eigenvalue weighted by Gasteiger charge is 2.51. The van der Waals surface area contributed by atoms with Gasteiger partial charge in [-0.2, -0.15) is 0 Å². The quantitative estimate of drug-likeness (QED) is 0.897. The zero-order valence-electron chi connectivity index (χ0n) is 10.2. The summed E-state index contributed by atoms with van der Waals surface area (Å²) in [5.74, 6) is -0.755. The van der Waals surface area contributed by atoms with Crippen molar-refractivity contribution in [1.82, 2.24) is 0 Å². The van der Waals surface area contributed by atoms with Crippen molar-refractivity contribution < 1.29 is 13.5 Å². The highest BCUT2D eigenvalue weighted by Crippen LogP contribution is 2.49. The van der Waals surface area contributed by atoms with Crippen LogP contribution >= 0.6 is 0 Å². The Morgan fingerprint density at radius 2 is 2.17 bits per heavy atom. The average molecular weight is 253 g/mol. The van der Waals surface area contributed by atoms with E-state index < -0.39 is 5.82 Å². The number of fused-ring (bicyclic) bond motifs is 2. The fraction of sp³-hybridized carbons (Fsp3) is 0.571. The molecule has 0 saturated carbocycles. The van der Waals surface area contributed by atoms with Gasteiger partial charge in [-0.05, 0) is 49.4 Å². The Hall–Kier alpha value is -1.00. The van der Waals surface area contributed by atoms with E-state index in [4.69, 9.17) is 10.5 Å². The van der Waals surface area contributed by atoms with Crippen LogP contribution in [0.3, 0.4) is 0 Å². The highest BCUT2D eigenvalue weighted by molar-refractivity contribution is 5.22. The lowest BCUT2D eigenvalue weighted by Gasteiger charge is -2.34. The molecule has 2 bridgehead atoms. The van der Waals surface area contributed by atoms with E-state index in [9.17, 15) is 8.78 Å². The van der Waals surface area contributed by atoms with Gasteiger partial charge in [0.25, 0.3) is 0 Å². The van der Waals surface area contributed by atoms with Crippen LogP contribution in [-0.4, -0.2) is 18.8 Å². The van der Waals surface area contributed by atoms with E-state index >= 15 is 0 Å². The van der Waals surface area contributed by atoms with Crippen LogP contribution in [0.1, 0.15) is 24.8 Å². The van der Waals surface area contributed by atoms with Crippen molar-refractivity contribution in [3.05, 3.63) is 35.4 Å². The average Bonchev–Trinajstić information content (AvgIpc) is 2.94. The van der Waals surface area contributed by atoms with E-state index in [-0.39, 0.29) is 23.4 Å². The van der Waals surface area contributed by atoms with Gasteiger partial charge in [-0.15, -0.1) is 0 Å². The Morgan fingerprint density at radius 3 is 2.78 bits per heavy atom. The third kappa shape index (κ3) is 1.84. The van der Waals surface area contributed by atoms with Crippen LogP contribution in [0.5, 0.6) is 0 Å². The van der Waals surface area contributed by atoms with Crippen molar-refractivity contribution in [1.29, 1.82) is 0 Å². The molecule has 3 rings (SSSR count). The number of hydrogen-bond acceptors (Lipinski definition) is 2. The second-order valence-corrected chi connectivity index (χ2v) is 5.51. The molecular weight excluding hydrogens is 236 g/mol. The van der Waals surface area contributed by atoms with Crippen LogP contribution in [0.15, 0.2) is 18.2 Å². The fourth-order valence-corrected chi connectivity index (χ4v) is 3.42. The van der Waals surface area contributed by atoms with Crippen molar-refractivity contribution in [3.8, 4) is 0 Å². The second-order valence-electron chi connectivity index (χ2n) is 5.51. The molecule has 0 radical (unpaired) electrons. The Balaban J connectivity index is 1.88. The van der Waals surface area contributed by atoms with Crippen molar-refractivity contribution in [2.45, 2.75) is 37.9 Å². The SMILES string of the molecule is NCC1(Cc2cc(F)ccc2F)CC2CCC1O2. The molecule has 2 aliphatic rings. The molecule has 1 aromatic rings. The first-order valence-electron chi connectivity index (χ1n) is 6.42. The number of hydrogen-bond donors (Lipinski definition) is 1. The Morgan fingerprint density at radius 1 is 1.33 bits per heavy atom. The van der Waals surface area contributed by atoms with Crippen LogP contribution in [-0.2, 0) is 11.2 Å². The van der Waals surface area contributed by atoms with E-state index in [0.29, 0.717) is 18.5 Å². The first-order chi connectivity index (χ1) is 8.63. The van der Waals surface area contributed by atoms with Crippen LogP contribution in [0.4, 0.5) is 8.78 Å². The monoisotopic (exact) mass is 253 g/mol. The molecule has 2 aliphatic heterocycles. The summed E-state index contributed by atoms with van der Waals surface area (Å²) in [5, 5.41) is 0. The lowest BCUT2D eigenvalue weighted by Crippen LogP contribution is -2.41. The summed E-state index contributed by atoms with van der Waals surface area (Å²) >= 11 is 0. The summed E-state index contributed by atoms with van der Waals surface area (Å²) in [5.41, 5.74) is 6.10. The van der Waals surface area contributed by atoms with Crippen molar-refractivity contribution in [3.63, 3.8) is 0 Å². The predicted molar refractivity (Wildman–Crippen MR) is 64.1 cm³/mol. The maximum Gasteiger partial charge on any atom is 0.126 e. The molecule has 0 amide bonds. The highest BCUT2D eigenvalue weighted by atomic mass is 19.1. The molecule has 0 aliphatic carbocycles. The summed E-state index contributed by atoms with van der Waals surface area (Å²) in [6.07, 6.45) is 3.75. The van der Waals surface area contributed by atoms with Gasteiger partial charge in [0.1, 0.15) is 11.6 Å². The van der Waals surface area contributed by atoms with Gasteiger partial charge in [0, 0.05) is 12.0 Å². The van der Waals surface area contributed by atoms with Gasteiger partial charge in [0.2, 0.25) is 0 Å². The summed E-state index contributed by atoms with van der Waals surface area (Å²) in [4.78, 5) is 0. The third-order valence-electron chi connectivity index (χ3n) is 4.38. The number of ether oxygens (including phenoxy) is 1. The number of rotatable bonds is 3. The van der Waals surface area contributed by atoms with Gasteiger partial charge in [-0.25, -0.2) is 8.78 Å². The number of benzene rings is 1. The maximum atomic E-state index is 13.7. The first kappa shape index (κ1) is 12.1. The molecule has 1 aromatic carbocycles. The lowest BCUT2D eigenvalue weighted by molar-refractivity contribution is 0.0633. The van der Waals surface area contributed by atoms with Crippen LogP contribution in [0.2, 0.25) is 0 Å². The van der Waals surface area contributed by atoms with E-state index in [1.807, 2.05) is 0 Å². The minimum atomic E-state index is -0.400. The molecule has 2 fully saturated rings. The molecule has 0 aromatic heterocycles. The van der Waals surface area contributed by atoms with Gasteiger partial charge < -0.3 is 10.5 Å². The smallest absolute Gasteiger partial charge is 0.126 e. The van der Waals surface area contributed by atoms with Gasteiger partial charge >= 0.3 is 0 Å². The zero-order valence-corrected chi connectivity index (χ0v) is 10.2. The Kier molecular flexibility index (Phi) is 2.87. The molecular formula is C14H17F2NO. The van der Waals surface area contributed by atoms with Gasteiger partial charge in [0.15, 0.2) is 0 Å². The van der Waals surface area contributed by atoms with Crippen molar-refractivity contribution >= 4 is 0 Å². The molecule has 2 saturated heterocycles. The fourth-order valence-electron chi connectivity index (χ4n) is 3.42. The minimum absolute atomic E-state index is 0.107. The standard InChI is InChI=1S/C14H17F2NO/c15-10-1-3-12(16)9(5-10)6-14(8-17)7-11-2-4-13(14)18-11/h1,3,5,11,13H,2,4,6-8,17H2. The molecule has 3 atom stereocenters. The maximum absolute atomic E-state index is 13.7. The van der Waals surface area contributed by atoms with E-state index in [2.05, 4.69) is 0 Å². The second kappa shape index (κ2) is 4.28. The molecule has 2 nitrogen and oxygen atoms in total. The van der Waals surface area contributed by atoms with Gasteiger partial charge in [0.05, 0.1) is 12.2 Å². The Labute approximate surface area is 105 Å². The van der Waals surface area contributed by atoms with Crippen molar-refractivity contribution in [2.24, 2.45) is 11.1 Å². The number of halogens is 2. The van der Waals surface area contributed by atoms with Crippen LogP contribution < -0.4 is 5.73 Å². The van der Waals surface area contributed by atoms with Crippen LogP contribution in [0, 0.1) is 17.0 Å². The molecule has 4 heteroatoms. The predicted octanol–water partition coefficient (Wildman–Crippen LogP) is 2.40. The summed E-state index contributed by atoms with van der Waals surface area (Å²) in [6.45, 7) is 0.462. The molecule has 98 valence electrons. The minimum Gasteiger partial charge on any atom is -0.374 e. The third-order valence-corrected chi connectivity index (χ3v) is 4.38. The van der Waals surface area contributed by atoms with E-state index in [0.717, 1.165) is 25.3 Å². The summed E-state index contributed by atoms with van der Waals surface area (Å²) in [7, 11) is 0. The largest absolute Gasteiger partial charge is 0.374 e. The van der Waals surface area contributed by atoms with Crippen molar-refractivity contribution in [2.75, 3.05) is 6.54 Å². The topological polar surface area (TPSA) is 35.2 Å².